The van der Waals surface area contributed by atoms with Gasteiger partial charge in [-0.2, -0.15) is 0 Å². The molecule has 72 valence electrons. The van der Waals surface area contributed by atoms with E-state index in [1.54, 1.807) is 18.0 Å². The zero-order valence-electron chi connectivity index (χ0n) is 7.75. The molecule has 0 radical (unpaired) electrons. The van der Waals surface area contributed by atoms with Crippen molar-refractivity contribution in [3.63, 3.8) is 0 Å². The van der Waals surface area contributed by atoms with Crippen molar-refractivity contribution in [2.45, 2.75) is 18.3 Å². The fourth-order valence-electron chi connectivity index (χ4n) is 2.16. The third kappa shape index (κ3) is 0.786. The van der Waals surface area contributed by atoms with Crippen molar-refractivity contribution in [3.8, 4) is 0 Å². The molecule has 1 aromatic heterocycles. The fourth-order valence-corrected chi connectivity index (χ4v) is 2.31. The first-order valence-electron chi connectivity index (χ1n) is 4.60. The van der Waals surface area contributed by atoms with Crippen molar-refractivity contribution < 1.29 is 4.79 Å². The molecule has 0 saturated heterocycles. The van der Waals surface area contributed by atoms with Crippen LogP contribution >= 0.6 is 11.6 Å². The molecule has 1 spiro atoms. The molecule has 4 heteroatoms. The summed E-state index contributed by atoms with van der Waals surface area (Å²) in [6.45, 7) is 0. The largest absolute Gasteiger partial charge is 0.313 e. The minimum atomic E-state index is -0.311. The summed E-state index contributed by atoms with van der Waals surface area (Å²) in [4.78, 5) is 17.9. The molecule has 0 unspecified atom stereocenters. The minimum Gasteiger partial charge on any atom is -0.313 e. The van der Waals surface area contributed by atoms with E-state index in [4.69, 9.17) is 11.6 Å². The first-order valence-corrected chi connectivity index (χ1v) is 4.98. The van der Waals surface area contributed by atoms with E-state index in [1.807, 2.05) is 6.07 Å². The Morgan fingerprint density at radius 2 is 2.21 bits per heavy atom. The summed E-state index contributed by atoms with van der Waals surface area (Å²) in [7, 11) is 1.80. The van der Waals surface area contributed by atoms with E-state index in [2.05, 4.69) is 4.98 Å². The van der Waals surface area contributed by atoms with E-state index in [-0.39, 0.29) is 11.3 Å². The van der Waals surface area contributed by atoms with Gasteiger partial charge < -0.3 is 4.90 Å². The van der Waals surface area contributed by atoms with Gasteiger partial charge in [0.05, 0.1) is 16.8 Å². The maximum Gasteiger partial charge on any atom is 0.239 e. The Hall–Kier alpha value is -1.09. The van der Waals surface area contributed by atoms with Crippen molar-refractivity contribution >= 4 is 23.2 Å². The molecule has 0 atom stereocenters. The van der Waals surface area contributed by atoms with E-state index in [9.17, 15) is 4.79 Å². The van der Waals surface area contributed by atoms with Crippen LogP contribution in [0.4, 0.5) is 5.69 Å². The third-order valence-electron chi connectivity index (χ3n) is 3.12. The van der Waals surface area contributed by atoms with Gasteiger partial charge in [-0.25, -0.2) is 4.98 Å². The fraction of sp³-hybridized carbons (Fsp3) is 0.400. The van der Waals surface area contributed by atoms with Gasteiger partial charge in [0.15, 0.2) is 0 Å². The number of carbonyl (C=O) groups excluding carboxylic acids is 1. The Labute approximate surface area is 86.7 Å². The van der Waals surface area contributed by atoms with Crippen LogP contribution in [0.2, 0.25) is 5.15 Å². The number of fused-ring (bicyclic) bond motifs is 2. The molecule has 2 aliphatic rings. The summed E-state index contributed by atoms with van der Waals surface area (Å²) in [5.41, 5.74) is 1.48. The maximum atomic E-state index is 11.9. The number of pyridine rings is 1. The van der Waals surface area contributed by atoms with E-state index in [0.717, 1.165) is 24.2 Å². The van der Waals surface area contributed by atoms with Gasteiger partial charge in [0, 0.05) is 7.05 Å². The zero-order valence-corrected chi connectivity index (χ0v) is 8.51. The number of rotatable bonds is 0. The van der Waals surface area contributed by atoms with E-state index in [1.165, 1.54) is 0 Å². The van der Waals surface area contributed by atoms with Gasteiger partial charge >= 0.3 is 0 Å². The molecule has 0 aromatic carbocycles. The number of hydrogen-bond acceptors (Lipinski definition) is 2. The number of hydrogen-bond donors (Lipinski definition) is 0. The van der Waals surface area contributed by atoms with Crippen LogP contribution in [0.3, 0.4) is 0 Å². The van der Waals surface area contributed by atoms with E-state index >= 15 is 0 Å². The minimum absolute atomic E-state index is 0.169. The second-order valence-corrected chi connectivity index (χ2v) is 4.34. The summed E-state index contributed by atoms with van der Waals surface area (Å²) in [5.74, 6) is 0.169. The van der Waals surface area contributed by atoms with Crippen LogP contribution in [0.1, 0.15) is 18.5 Å². The highest BCUT2D eigenvalue weighted by atomic mass is 35.5. The lowest BCUT2D eigenvalue weighted by atomic mass is 10.0. The average Bonchev–Trinajstić information content (AvgIpc) is 2.93. The van der Waals surface area contributed by atoms with Crippen LogP contribution in [-0.2, 0) is 10.2 Å². The lowest BCUT2D eigenvalue weighted by Gasteiger charge is -2.08. The lowest BCUT2D eigenvalue weighted by Crippen LogP contribution is -2.28. The van der Waals surface area contributed by atoms with Crippen LogP contribution in [0.25, 0.3) is 0 Å². The molecule has 2 heterocycles. The first-order chi connectivity index (χ1) is 6.65. The van der Waals surface area contributed by atoms with Gasteiger partial charge in [-0.05, 0) is 25.0 Å². The Bertz CT molecular complexity index is 440. The molecule has 1 aromatic rings. The lowest BCUT2D eigenvalue weighted by molar-refractivity contribution is -0.119. The Balaban J connectivity index is 2.27. The molecule has 14 heavy (non-hydrogen) atoms. The molecule has 0 bridgehead atoms. The number of carbonyl (C=O) groups is 1. The number of halogens is 1. The summed E-state index contributed by atoms with van der Waals surface area (Å²) >= 11 is 5.83. The Morgan fingerprint density at radius 1 is 1.50 bits per heavy atom. The van der Waals surface area contributed by atoms with Gasteiger partial charge in [-0.1, -0.05) is 11.6 Å². The van der Waals surface area contributed by atoms with E-state index < -0.39 is 0 Å². The summed E-state index contributed by atoms with van der Waals surface area (Å²) in [5, 5.41) is 0.470. The second-order valence-electron chi connectivity index (χ2n) is 3.95. The smallest absolute Gasteiger partial charge is 0.239 e. The average molecular weight is 209 g/mol. The highest BCUT2D eigenvalue weighted by molar-refractivity contribution is 6.29. The molecule has 1 aliphatic carbocycles. The number of amides is 1. The molecular weight excluding hydrogens is 200 g/mol. The molecule has 1 fully saturated rings. The molecule has 1 aliphatic heterocycles. The number of anilines is 1. The maximum absolute atomic E-state index is 11.9. The summed E-state index contributed by atoms with van der Waals surface area (Å²) in [6, 6.07) is 3.60. The second kappa shape index (κ2) is 2.28. The SMILES string of the molecule is CN1C(=O)C2(CC2)c2nc(Cl)ccc21. The number of aromatic nitrogens is 1. The predicted molar refractivity (Wildman–Crippen MR) is 53.6 cm³/mol. The molecule has 3 nitrogen and oxygen atoms in total. The van der Waals surface area contributed by atoms with Gasteiger partial charge in [-0.15, -0.1) is 0 Å². The van der Waals surface area contributed by atoms with Crippen molar-refractivity contribution in [2.75, 3.05) is 11.9 Å². The van der Waals surface area contributed by atoms with Crippen molar-refractivity contribution in [3.05, 3.63) is 23.0 Å². The van der Waals surface area contributed by atoms with Crippen LogP contribution in [0, 0.1) is 0 Å². The van der Waals surface area contributed by atoms with Gasteiger partial charge in [0.2, 0.25) is 5.91 Å². The van der Waals surface area contributed by atoms with Crippen molar-refractivity contribution in [2.24, 2.45) is 0 Å². The van der Waals surface area contributed by atoms with Crippen molar-refractivity contribution in [1.82, 2.24) is 4.98 Å². The molecule has 0 N–H and O–H groups in total. The highest BCUT2D eigenvalue weighted by Gasteiger charge is 2.59. The molecule has 3 rings (SSSR count). The standard InChI is InChI=1S/C10H9ClN2O/c1-13-6-2-3-7(11)12-8(6)10(4-5-10)9(13)14/h2-3H,4-5H2,1H3. The third-order valence-corrected chi connectivity index (χ3v) is 3.33. The number of nitrogens with zero attached hydrogens (tertiary/aromatic N) is 2. The highest BCUT2D eigenvalue weighted by Crippen LogP contribution is 2.56. The van der Waals surface area contributed by atoms with Gasteiger partial charge in [-0.3, -0.25) is 4.79 Å². The van der Waals surface area contributed by atoms with Gasteiger partial charge in [0.1, 0.15) is 5.15 Å². The summed E-state index contributed by atoms with van der Waals surface area (Å²) in [6.07, 6.45) is 1.83. The van der Waals surface area contributed by atoms with Crippen LogP contribution < -0.4 is 4.90 Å². The molecular formula is C10H9ClN2O. The monoisotopic (exact) mass is 208 g/mol. The summed E-state index contributed by atoms with van der Waals surface area (Å²) < 4.78 is 0. The first kappa shape index (κ1) is 8.24. The number of likely N-dealkylation sites (N-methyl/N-ethyl adjacent to an activating group) is 1. The zero-order chi connectivity index (χ0) is 9.92. The Morgan fingerprint density at radius 3 is 2.86 bits per heavy atom. The van der Waals surface area contributed by atoms with Gasteiger partial charge in [0.25, 0.3) is 0 Å². The van der Waals surface area contributed by atoms with Crippen LogP contribution in [0.5, 0.6) is 0 Å². The van der Waals surface area contributed by atoms with Crippen LogP contribution in [-0.4, -0.2) is 17.9 Å². The topological polar surface area (TPSA) is 33.2 Å². The normalized spacial score (nSPS) is 21.6. The predicted octanol–water partition coefficient (Wildman–Crippen LogP) is 1.74. The van der Waals surface area contributed by atoms with Crippen molar-refractivity contribution in [1.29, 1.82) is 0 Å². The Kier molecular flexibility index (Phi) is 1.34. The molecule has 1 saturated carbocycles. The molecule has 1 amide bonds. The quantitative estimate of drug-likeness (QED) is 0.609. The van der Waals surface area contributed by atoms with Crippen LogP contribution in [0.15, 0.2) is 12.1 Å². The van der Waals surface area contributed by atoms with E-state index in [0.29, 0.717) is 5.15 Å².